The van der Waals surface area contributed by atoms with E-state index in [0.717, 1.165) is 6.42 Å². The van der Waals surface area contributed by atoms with Crippen molar-refractivity contribution < 1.29 is 28.6 Å². The number of esters is 1. The van der Waals surface area contributed by atoms with Crippen LogP contribution in [0.4, 0.5) is 4.79 Å². The van der Waals surface area contributed by atoms with Gasteiger partial charge in [-0.1, -0.05) is 6.92 Å². The number of imide groups is 1. The first kappa shape index (κ1) is 19.3. The number of hydrogen-bond acceptors (Lipinski definition) is 6. The van der Waals surface area contributed by atoms with Gasteiger partial charge in [0.05, 0.1) is 7.11 Å². The number of carbonyl (C=O) groups excluding carboxylic acids is 3. The van der Waals surface area contributed by atoms with Crippen LogP contribution >= 0.6 is 0 Å². The minimum Gasteiger partial charge on any atom is -0.497 e. The van der Waals surface area contributed by atoms with Crippen molar-refractivity contribution in [2.75, 3.05) is 20.3 Å². The average molecular weight is 338 g/mol. The first-order chi connectivity index (χ1) is 11.4. The van der Waals surface area contributed by atoms with E-state index in [1.807, 2.05) is 6.92 Å². The normalized spacial score (nSPS) is 11.1. The maximum atomic E-state index is 11.5. The molecule has 8 nitrogen and oxygen atoms in total. The molecule has 8 heteroatoms. The van der Waals surface area contributed by atoms with Gasteiger partial charge in [-0.25, -0.2) is 9.59 Å². The Bertz CT molecular complexity index is 558. The van der Waals surface area contributed by atoms with E-state index in [0.29, 0.717) is 11.5 Å². The second kappa shape index (κ2) is 10.1. The lowest BCUT2D eigenvalue weighted by Gasteiger charge is -2.12. The molecule has 0 heterocycles. The molecule has 0 fully saturated rings. The predicted octanol–water partition coefficient (Wildman–Crippen LogP) is 1.24. The molecule has 0 saturated heterocycles. The van der Waals surface area contributed by atoms with Crippen LogP contribution in [0.2, 0.25) is 0 Å². The smallest absolute Gasteiger partial charge is 0.344 e. The number of urea groups is 1. The van der Waals surface area contributed by atoms with Crippen LogP contribution in [0.3, 0.4) is 0 Å². The molecule has 0 radical (unpaired) electrons. The van der Waals surface area contributed by atoms with Gasteiger partial charge in [0.25, 0.3) is 5.91 Å². The van der Waals surface area contributed by atoms with Crippen LogP contribution in [-0.2, 0) is 14.3 Å². The van der Waals surface area contributed by atoms with Gasteiger partial charge in [0.15, 0.2) is 13.2 Å². The Hall–Kier alpha value is -2.77. The standard InChI is InChI=1S/C16H22N2O6/c1-4-11(2)17-16(21)18-14(19)9-24-15(20)10-23-13-7-5-12(22-3)6-8-13/h5-8,11H,4,9-10H2,1-3H3,(H2,17,18,19,21)/t11-/m0/s1. The van der Waals surface area contributed by atoms with Gasteiger partial charge in [-0.3, -0.25) is 10.1 Å². The quantitative estimate of drug-likeness (QED) is 0.691. The molecule has 24 heavy (non-hydrogen) atoms. The molecule has 3 amide bonds. The average Bonchev–Trinajstić information content (AvgIpc) is 2.58. The molecule has 0 spiro atoms. The molecule has 1 aromatic carbocycles. The van der Waals surface area contributed by atoms with Gasteiger partial charge >= 0.3 is 12.0 Å². The molecule has 0 aromatic heterocycles. The van der Waals surface area contributed by atoms with Crippen molar-refractivity contribution in [2.24, 2.45) is 0 Å². The van der Waals surface area contributed by atoms with Crippen molar-refractivity contribution in [1.29, 1.82) is 0 Å². The summed E-state index contributed by atoms with van der Waals surface area (Å²) in [6.07, 6.45) is 0.735. The van der Waals surface area contributed by atoms with Crippen molar-refractivity contribution >= 4 is 17.9 Å². The number of hydrogen-bond donors (Lipinski definition) is 2. The van der Waals surface area contributed by atoms with Crippen molar-refractivity contribution in [2.45, 2.75) is 26.3 Å². The lowest BCUT2D eigenvalue weighted by atomic mass is 10.3. The highest BCUT2D eigenvalue weighted by Gasteiger charge is 2.12. The molecule has 0 aliphatic rings. The summed E-state index contributed by atoms with van der Waals surface area (Å²) in [5, 5.41) is 4.62. The molecule has 1 rings (SSSR count). The molecule has 0 aliphatic heterocycles. The van der Waals surface area contributed by atoms with E-state index in [1.54, 1.807) is 38.3 Å². The predicted molar refractivity (Wildman–Crippen MR) is 85.9 cm³/mol. The highest BCUT2D eigenvalue weighted by Crippen LogP contribution is 2.16. The Kier molecular flexibility index (Phi) is 8.10. The summed E-state index contributed by atoms with van der Waals surface area (Å²) in [6.45, 7) is 2.80. The van der Waals surface area contributed by atoms with Gasteiger partial charge < -0.3 is 19.5 Å². The van der Waals surface area contributed by atoms with Crippen LogP contribution in [0.5, 0.6) is 11.5 Å². The van der Waals surface area contributed by atoms with Gasteiger partial charge in [0.1, 0.15) is 11.5 Å². The Labute approximate surface area is 140 Å². The summed E-state index contributed by atoms with van der Waals surface area (Å²) >= 11 is 0. The molecular weight excluding hydrogens is 316 g/mol. The highest BCUT2D eigenvalue weighted by atomic mass is 16.6. The van der Waals surface area contributed by atoms with Gasteiger partial charge in [-0.05, 0) is 37.6 Å². The fourth-order valence-electron chi connectivity index (χ4n) is 1.53. The van der Waals surface area contributed by atoms with E-state index in [-0.39, 0.29) is 12.6 Å². The summed E-state index contributed by atoms with van der Waals surface area (Å²) < 4.78 is 14.9. The minimum absolute atomic E-state index is 0.0572. The number of carbonyl (C=O) groups is 3. The summed E-state index contributed by atoms with van der Waals surface area (Å²) in [6, 6.07) is 5.96. The fourth-order valence-corrected chi connectivity index (χ4v) is 1.53. The molecule has 0 bridgehead atoms. The number of rotatable bonds is 8. The van der Waals surface area contributed by atoms with E-state index >= 15 is 0 Å². The maximum absolute atomic E-state index is 11.5. The van der Waals surface area contributed by atoms with Gasteiger partial charge in [0.2, 0.25) is 0 Å². The van der Waals surface area contributed by atoms with Gasteiger partial charge in [-0.15, -0.1) is 0 Å². The lowest BCUT2D eigenvalue weighted by molar-refractivity contribution is -0.150. The van der Waals surface area contributed by atoms with E-state index in [1.165, 1.54) is 0 Å². The lowest BCUT2D eigenvalue weighted by Crippen LogP contribution is -2.44. The minimum atomic E-state index is -0.719. The maximum Gasteiger partial charge on any atom is 0.344 e. The summed E-state index contributed by atoms with van der Waals surface area (Å²) in [5.41, 5.74) is 0. The summed E-state index contributed by atoms with van der Waals surface area (Å²) in [4.78, 5) is 34.4. The second-order valence-corrected chi connectivity index (χ2v) is 4.96. The highest BCUT2D eigenvalue weighted by molar-refractivity contribution is 5.95. The molecule has 2 N–H and O–H groups in total. The number of benzene rings is 1. The van der Waals surface area contributed by atoms with Crippen LogP contribution in [0.15, 0.2) is 24.3 Å². The van der Waals surface area contributed by atoms with Gasteiger partial charge in [0, 0.05) is 6.04 Å². The molecule has 1 atom stereocenters. The third-order valence-electron chi connectivity index (χ3n) is 3.02. The monoisotopic (exact) mass is 338 g/mol. The van der Waals surface area contributed by atoms with Crippen molar-refractivity contribution in [3.63, 3.8) is 0 Å². The molecule has 132 valence electrons. The zero-order chi connectivity index (χ0) is 17.9. The molecule has 0 saturated carbocycles. The summed E-state index contributed by atoms with van der Waals surface area (Å²) in [7, 11) is 1.54. The third-order valence-corrected chi connectivity index (χ3v) is 3.02. The SMILES string of the molecule is CC[C@H](C)NC(=O)NC(=O)COC(=O)COc1ccc(OC)cc1. The number of amides is 3. The third kappa shape index (κ3) is 7.48. The Morgan fingerprint density at radius 2 is 1.71 bits per heavy atom. The molecule has 1 aromatic rings. The zero-order valence-corrected chi connectivity index (χ0v) is 14.0. The number of methoxy groups -OCH3 is 1. The first-order valence-corrected chi connectivity index (χ1v) is 7.47. The Morgan fingerprint density at radius 1 is 1.08 bits per heavy atom. The Morgan fingerprint density at radius 3 is 2.29 bits per heavy atom. The summed E-state index contributed by atoms with van der Waals surface area (Å²) in [5.74, 6) is -0.306. The molecule has 0 aliphatic carbocycles. The number of ether oxygens (including phenoxy) is 3. The van der Waals surface area contributed by atoms with Crippen LogP contribution in [0.1, 0.15) is 20.3 Å². The van der Waals surface area contributed by atoms with Crippen LogP contribution in [-0.4, -0.2) is 44.3 Å². The van der Waals surface area contributed by atoms with Crippen LogP contribution in [0, 0.1) is 0 Å². The van der Waals surface area contributed by atoms with E-state index < -0.39 is 24.5 Å². The fraction of sp³-hybridized carbons (Fsp3) is 0.438. The van der Waals surface area contributed by atoms with E-state index in [4.69, 9.17) is 14.2 Å². The first-order valence-electron chi connectivity index (χ1n) is 7.47. The second-order valence-electron chi connectivity index (χ2n) is 4.96. The van der Waals surface area contributed by atoms with E-state index in [2.05, 4.69) is 10.6 Å². The molecular formula is C16H22N2O6. The van der Waals surface area contributed by atoms with Crippen molar-refractivity contribution in [3.8, 4) is 11.5 Å². The van der Waals surface area contributed by atoms with E-state index in [9.17, 15) is 14.4 Å². The zero-order valence-electron chi connectivity index (χ0n) is 14.0. The van der Waals surface area contributed by atoms with Crippen LogP contribution < -0.4 is 20.1 Å². The Balaban J connectivity index is 2.25. The van der Waals surface area contributed by atoms with Crippen molar-refractivity contribution in [3.05, 3.63) is 24.3 Å². The van der Waals surface area contributed by atoms with Crippen LogP contribution in [0.25, 0.3) is 0 Å². The largest absolute Gasteiger partial charge is 0.497 e. The van der Waals surface area contributed by atoms with Gasteiger partial charge in [-0.2, -0.15) is 0 Å². The molecule has 0 unspecified atom stereocenters. The van der Waals surface area contributed by atoms with Crippen molar-refractivity contribution in [1.82, 2.24) is 10.6 Å². The number of nitrogens with one attached hydrogen (secondary N) is 2. The topological polar surface area (TPSA) is 103 Å².